The SMILES string of the molecule is CN1CCN(n2ccc3c(cnc4nc(-c5cccnc5)nn43)c2=O)CC1. The van der Waals surface area contributed by atoms with Crippen molar-refractivity contribution in [3.63, 3.8) is 0 Å². The number of nitrogens with zero attached hydrogens (tertiary/aromatic N) is 8. The highest BCUT2D eigenvalue weighted by Crippen LogP contribution is 2.17. The number of likely N-dealkylation sites (N-methyl/N-ethyl adjacent to an activating group) is 1. The van der Waals surface area contributed by atoms with E-state index in [4.69, 9.17) is 0 Å². The summed E-state index contributed by atoms with van der Waals surface area (Å²) in [5.41, 5.74) is 1.41. The third-order valence-electron chi connectivity index (χ3n) is 4.92. The van der Waals surface area contributed by atoms with Gasteiger partial charge in [0.05, 0.1) is 10.9 Å². The van der Waals surface area contributed by atoms with Gasteiger partial charge in [0.15, 0.2) is 5.82 Å². The molecule has 0 radical (unpaired) electrons. The van der Waals surface area contributed by atoms with Crippen LogP contribution in [0.15, 0.2) is 47.8 Å². The molecule has 0 unspecified atom stereocenters. The molecule has 9 nitrogen and oxygen atoms in total. The molecule has 0 amide bonds. The molecule has 0 saturated carbocycles. The molecular weight excluding hydrogens is 344 g/mol. The van der Waals surface area contributed by atoms with Crippen LogP contribution in [0.1, 0.15) is 0 Å². The van der Waals surface area contributed by atoms with Crippen molar-refractivity contribution in [3.05, 3.63) is 53.3 Å². The van der Waals surface area contributed by atoms with Crippen molar-refractivity contribution in [1.29, 1.82) is 0 Å². The minimum absolute atomic E-state index is 0.0927. The Balaban J connectivity index is 1.63. The van der Waals surface area contributed by atoms with Crippen LogP contribution in [0.5, 0.6) is 0 Å². The van der Waals surface area contributed by atoms with Crippen molar-refractivity contribution in [3.8, 4) is 11.4 Å². The van der Waals surface area contributed by atoms with Gasteiger partial charge in [-0.1, -0.05) is 0 Å². The quantitative estimate of drug-likeness (QED) is 0.510. The maximum absolute atomic E-state index is 13.0. The first-order valence-electron chi connectivity index (χ1n) is 8.82. The molecule has 4 aromatic rings. The van der Waals surface area contributed by atoms with Gasteiger partial charge in [0.2, 0.25) is 0 Å². The lowest BCUT2D eigenvalue weighted by molar-refractivity contribution is 0.286. The maximum atomic E-state index is 13.0. The number of rotatable bonds is 2. The molecule has 0 aliphatic carbocycles. The third-order valence-corrected chi connectivity index (χ3v) is 4.92. The Morgan fingerprint density at radius 2 is 1.93 bits per heavy atom. The average Bonchev–Trinajstić information content (AvgIpc) is 3.15. The van der Waals surface area contributed by atoms with E-state index in [1.54, 1.807) is 34.0 Å². The second kappa shape index (κ2) is 6.13. The van der Waals surface area contributed by atoms with E-state index in [0.717, 1.165) is 31.7 Å². The number of hydrogen-bond acceptors (Lipinski definition) is 7. The van der Waals surface area contributed by atoms with Crippen LogP contribution < -0.4 is 10.6 Å². The van der Waals surface area contributed by atoms with Crippen LogP contribution in [0.2, 0.25) is 0 Å². The summed E-state index contributed by atoms with van der Waals surface area (Å²) in [7, 11) is 2.09. The Morgan fingerprint density at radius 3 is 2.70 bits per heavy atom. The number of aromatic nitrogens is 6. The Kier molecular flexibility index (Phi) is 3.61. The predicted octanol–water partition coefficient (Wildman–Crippen LogP) is 0.385. The summed E-state index contributed by atoms with van der Waals surface area (Å²) in [4.78, 5) is 28.2. The number of pyridine rings is 2. The van der Waals surface area contributed by atoms with Crippen molar-refractivity contribution in [1.82, 2.24) is 34.1 Å². The van der Waals surface area contributed by atoms with E-state index < -0.39 is 0 Å². The van der Waals surface area contributed by atoms with Crippen molar-refractivity contribution < 1.29 is 0 Å². The Hall–Kier alpha value is -3.33. The molecule has 0 bridgehead atoms. The highest BCUT2D eigenvalue weighted by atomic mass is 16.1. The maximum Gasteiger partial charge on any atom is 0.280 e. The van der Waals surface area contributed by atoms with Gasteiger partial charge in [0.25, 0.3) is 11.3 Å². The predicted molar refractivity (Wildman–Crippen MR) is 101 cm³/mol. The van der Waals surface area contributed by atoms with Crippen molar-refractivity contribution in [2.45, 2.75) is 0 Å². The van der Waals surface area contributed by atoms with Crippen LogP contribution >= 0.6 is 0 Å². The van der Waals surface area contributed by atoms with Gasteiger partial charge in [-0.05, 0) is 25.2 Å². The molecule has 1 saturated heterocycles. The summed E-state index contributed by atoms with van der Waals surface area (Å²) in [6, 6.07) is 5.62. The van der Waals surface area contributed by atoms with Crippen molar-refractivity contribution in [2.24, 2.45) is 0 Å². The van der Waals surface area contributed by atoms with Gasteiger partial charge in [0, 0.05) is 56.5 Å². The molecular formula is C18H18N8O. The van der Waals surface area contributed by atoms with Crippen LogP contribution in [0.4, 0.5) is 0 Å². The lowest BCUT2D eigenvalue weighted by atomic mass is 10.3. The number of fused-ring (bicyclic) bond motifs is 3. The van der Waals surface area contributed by atoms with Crippen LogP contribution in [0, 0.1) is 0 Å². The summed E-state index contributed by atoms with van der Waals surface area (Å²) in [5, 5.41) is 7.12. The lowest BCUT2D eigenvalue weighted by Crippen LogP contribution is -2.52. The van der Waals surface area contributed by atoms with Crippen molar-refractivity contribution >= 4 is 16.7 Å². The first-order chi connectivity index (χ1) is 13.2. The van der Waals surface area contributed by atoms with E-state index in [-0.39, 0.29) is 5.56 Å². The average molecular weight is 362 g/mol. The molecule has 0 N–H and O–H groups in total. The summed E-state index contributed by atoms with van der Waals surface area (Å²) in [6.45, 7) is 3.48. The van der Waals surface area contributed by atoms with E-state index in [1.807, 2.05) is 18.2 Å². The number of hydrogen-bond donors (Lipinski definition) is 0. The van der Waals surface area contributed by atoms with Gasteiger partial charge >= 0.3 is 0 Å². The highest BCUT2D eigenvalue weighted by Gasteiger charge is 2.18. The number of piperazine rings is 1. The molecule has 4 aromatic heterocycles. The van der Waals surface area contributed by atoms with Crippen LogP contribution in [-0.4, -0.2) is 67.4 Å². The molecule has 0 spiro atoms. The molecule has 0 atom stereocenters. The van der Waals surface area contributed by atoms with Crippen molar-refractivity contribution in [2.75, 3.05) is 38.2 Å². The van der Waals surface area contributed by atoms with Gasteiger partial charge in [-0.15, -0.1) is 5.10 Å². The normalized spacial score (nSPS) is 15.7. The zero-order chi connectivity index (χ0) is 18.4. The van der Waals surface area contributed by atoms with Gasteiger partial charge in [0.1, 0.15) is 0 Å². The van der Waals surface area contributed by atoms with Gasteiger partial charge in [-0.3, -0.25) is 9.78 Å². The molecule has 27 heavy (non-hydrogen) atoms. The fourth-order valence-corrected chi connectivity index (χ4v) is 3.36. The second-order valence-corrected chi connectivity index (χ2v) is 6.67. The molecule has 1 aliphatic heterocycles. The first kappa shape index (κ1) is 15.9. The smallest absolute Gasteiger partial charge is 0.280 e. The molecule has 5 heterocycles. The first-order valence-corrected chi connectivity index (χ1v) is 8.82. The van der Waals surface area contributed by atoms with E-state index >= 15 is 0 Å². The Morgan fingerprint density at radius 1 is 1.07 bits per heavy atom. The van der Waals surface area contributed by atoms with E-state index in [0.29, 0.717) is 22.5 Å². The molecule has 1 aliphatic rings. The van der Waals surface area contributed by atoms with Crippen LogP contribution in [0.3, 0.4) is 0 Å². The summed E-state index contributed by atoms with van der Waals surface area (Å²) in [6.07, 6.45) is 6.80. The summed E-state index contributed by atoms with van der Waals surface area (Å²) < 4.78 is 3.30. The molecule has 0 aromatic carbocycles. The standard InChI is InChI=1S/C18H18N8O/c1-23-7-9-24(10-8-23)25-6-4-15-14(17(25)27)12-20-18-21-16(22-26(15)18)13-3-2-5-19-11-13/h2-6,11-12H,7-10H2,1H3. The topological polar surface area (TPSA) is 84.4 Å². The zero-order valence-electron chi connectivity index (χ0n) is 14.9. The van der Waals surface area contributed by atoms with Gasteiger partial charge < -0.3 is 9.91 Å². The van der Waals surface area contributed by atoms with Gasteiger partial charge in [-0.25, -0.2) is 9.66 Å². The van der Waals surface area contributed by atoms with E-state index in [1.165, 1.54) is 0 Å². The molecule has 1 fully saturated rings. The monoisotopic (exact) mass is 362 g/mol. The molecule has 5 rings (SSSR count). The highest BCUT2D eigenvalue weighted by molar-refractivity contribution is 5.79. The summed E-state index contributed by atoms with van der Waals surface area (Å²) in [5.74, 6) is 0.990. The second-order valence-electron chi connectivity index (χ2n) is 6.67. The largest absolute Gasteiger partial charge is 0.308 e. The fraction of sp³-hybridized carbons (Fsp3) is 0.278. The third kappa shape index (κ3) is 2.63. The lowest BCUT2D eigenvalue weighted by Gasteiger charge is -2.34. The molecule has 9 heteroatoms. The minimum Gasteiger partial charge on any atom is -0.308 e. The Labute approximate surface area is 154 Å². The van der Waals surface area contributed by atoms with E-state index in [9.17, 15) is 4.79 Å². The summed E-state index contributed by atoms with van der Waals surface area (Å²) >= 11 is 0. The zero-order valence-corrected chi connectivity index (χ0v) is 14.9. The minimum atomic E-state index is -0.0927. The Bertz CT molecular complexity index is 1170. The molecule has 136 valence electrons. The van der Waals surface area contributed by atoms with Gasteiger partial charge in [-0.2, -0.15) is 9.50 Å². The fourth-order valence-electron chi connectivity index (χ4n) is 3.36. The van der Waals surface area contributed by atoms with Crippen LogP contribution in [-0.2, 0) is 0 Å². The van der Waals surface area contributed by atoms with E-state index in [2.05, 4.69) is 37.0 Å². The van der Waals surface area contributed by atoms with Crippen LogP contribution in [0.25, 0.3) is 28.1 Å².